The molecule has 1 aromatic carbocycles. The number of esters is 1. The normalized spacial score (nSPS) is 18.8. The summed E-state index contributed by atoms with van der Waals surface area (Å²) in [5.41, 5.74) is 0. The number of hydrogen-bond donors (Lipinski definition) is 0. The minimum atomic E-state index is -4.35. The van der Waals surface area contributed by atoms with Gasteiger partial charge < -0.3 is 9.64 Å². The fourth-order valence-corrected chi connectivity index (χ4v) is 4.55. The molecule has 1 saturated heterocycles. The lowest BCUT2D eigenvalue weighted by molar-refractivity contribution is -0.158. The van der Waals surface area contributed by atoms with Gasteiger partial charge in [-0.05, 0) is 25.0 Å². The first-order valence-corrected chi connectivity index (χ1v) is 10.1. The number of hydrogen-bond acceptors (Lipinski definition) is 5. The quantitative estimate of drug-likeness (QED) is 0.690. The molecule has 3 rings (SSSR count). The van der Waals surface area contributed by atoms with Gasteiger partial charge in [0, 0.05) is 26.2 Å². The van der Waals surface area contributed by atoms with Crippen LogP contribution >= 0.6 is 0 Å². The lowest BCUT2D eigenvalue weighted by Crippen LogP contribution is -2.51. The van der Waals surface area contributed by atoms with Crippen LogP contribution in [0.15, 0.2) is 23.1 Å². The zero-order valence-corrected chi connectivity index (χ0v) is 15.4. The maximum atomic E-state index is 13.8. The zero-order valence-electron chi connectivity index (χ0n) is 14.6. The second kappa shape index (κ2) is 7.89. The molecule has 0 N–H and O–H groups in total. The summed E-state index contributed by atoms with van der Waals surface area (Å²) >= 11 is 0. The third-order valence-corrected chi connectivity index (χ3v) is 6.84. The molecule has 1 aliphatic carbocycles. The molecular weight excluding hydrogens is 382 g/mol. The van der Waals surface area contributed by atoms with Crippen molar-refractivity contribution in [3.63, 3.8) is 0 Å². The summed E-state index contributed by atoms with van der Waals surface area (Å²) in [6.45, 7) is -0.481. The number of benzene rings is 1. The Morgan fingerprint density at radius 1 is 1.07 bits per heavy atom. The van der Waals surface area contributed by atoms with Crippen LogP contribution in [0.3, 0.4) is 0 Å². The standard InChI is InChI=1S/C17H20F2N2O5S/c18-13-5-2-6-14(19)16(13)27(24,25)21-9-7-20(8-10-21)15(22)11-26-17(23)12-3-1-4-12/h2,5-6,12H,1,3-4,7-11H2. The molecule has 27 heavy (non-hydrogen) atoms. The molecule has 0 spiro atoms. The number of ether oxygens (including phenoxy) is 1. The SMILES string of the molecule is O=C(OCC(=O)N1CCN(S(=O)(=O)c2c(F)cccc2F)CC1)C1CCC1. The van der Waals surface area contributed by atoms with Gasteiger partial charge in [-0.25, -0.2) is 17.2 Å². The van der Waals surface area contributed by atoms with Crippen LogP contribution in [-0.2, 0) is 24.3 Å². The number of rotatable bonds is 5. The van der Waals surface area contributed by atoms with Crippen molar-refractivity contribution >= 4 is 21.9 Å². The number of carbonyl (C=O) groups excluding carboxylic acids is 2. The highest BCUT2D eigenvalue weighted by Crippen LogP contribution is 2.27. The highest BCUT2D eigenvalue weighted by molar-refractivity contribution is 7.89. The lowest BCUT2D eigenvalue weighted by atomic mass is 9.86. The second-order valence-corrected chi connectivity index (χ2v) is 8.45. The Labute approximate surface area is 155 Å². The van der Waals surface area contributed by atoms with E-state index in [1.54, 1.807) is 0 Å². The van der Waals surface area contributed by atoms with Crippen molar-refractivity contribution in [2.45, 2.75) is 24.2 Å². The summed E-state index contributed by atoms with van der Waals surface area (Å²) in [5.74, 6) is -3.24. The van der Waals surface area contributed by atoms with Crippen LogP contribution in [0.2, 0.25) is 0 Å². The van der Waals surface area contributed by atoms with Gasteiger partial charge in [-0.15, -0.1) is 0 Å². The van der Waals surface area contributed by atoms with E-state index in [1.807, 2.05) is 0 Å². The van der Waals surface area contributed by atoms with E-state index in [1.165, 1.54) is 4.90 Å². The highest BCUT2D eigenvalue weighted by Gasteiger charge is 2.34. The van der Waals surface area contributed by atoms with Gasteiger partial charge in [0.25, 0.3) is 5.91 Å². The number of nitrogens with zero attached hydrogens (tertiary/aromatic N) is 2. The van der Waals surface area contributed by atoms with Crippen molar-refractivity contribution in [3.05, 3.63) is 29.8 Å². The maximum absolute atomic E-state index is 13.8. The van der Waals surface area contributed by atoms with Gasteiger partial charge in [-0.3, -0.25) is 9.59 Å². The number of halogens is 2. The molecule has 1 heterocycles. The first-order chi connectivity index (χ1) is 12.8. The van der Waals surface area contributed by atoms with Crippen molar-refractivity contribution in [1.29, 1.82) is 0 Å². The van der Waals surface area contributed by atoms with E-state index in [2.05, 4.69) is 0 Å². The van der Waals surface area contributed by atoms with Crippen molar-refractivity contribution in [2.24, 2.45) is 5.92 Å². The molecule has 0 atom stereocenters. The molecule has 1 aliphatic heterocycles. The van der Waals surface area contributed by atoms with E-state index in [0.717, 1.165) is 41.8 Å². The smallest absolute Gasteiger partial charge is 0.309 e. The van der Waals surface area contributed by atoms with E-state index in [-0.39, 0.29) is 44.7 Å². The Morgan fingerprint density at radius 2 is 1.67 bits per heavy atom. The fourth-order valence-electron chi connectivity index (χ4n) is 3.02. The molecule has 7 nitrogen and oxygen atoms in total. The predicted molar refractivity (Wildman–Crippen MR) is 90.0 cm³/mol. The number of amides is 1. The van der Waals surface area contributed by atoms with Gasteiger partial charge in [-0.2, -0.15) is 4.31 Å². The molecule has 0 bridgehead atoms. The van der Waals surface area contributed by atoms with Crippen LogP contribution in [0.5, 0.6) is 0 Å². The maximum Gasteiger partial charge on any atom is 0.309 e. The van der Waals surface area contributed by atoms with Crippen LogP contribution in [-0.4, -0.2) is 62.3 Å². The summed E-state index contributed by atoms with van der Waals surface area (Å²) in [6.07, 6.45) is 2.53. The van der Waals surface area contributed by atoms with Crippen molar-refractivity contribution in [1.82, 2.24) is 9.21 Å². The van der Waals surface area contributed by atoms with E-state index >= 15 is 0 Å². The fraction of sp³-hybridized carbons (Fsp3) is 0.529. The van der Waals surface area contributed by atoms with Crippen molar-refractivity contribution in [3.8, 4) is 0 Å². The van der Waals surface area contributed by atoms with Gasteiger partial charge in [0.1, 0.15) is 11.6 Å². The van der Waals surface area contributed by atoms with Gasteiger partial charge in [0.15, 0.2) is 11.5 Å². The average Bonchev–Trinajstić information content (AvgIpc) is 2.58. The van der Waals surface area contributed by atoms with Crippen molar-refractivity contribution < 1.29 is 31.5 Å². The molecular formula is C17H20F2N2O5S. The van der Waals surface area contributed by atoms with E-state index in [9.17, 15) is 26.8 Å². The van der Waals surface area contributed by atoms with Gasteiger partial charge in [-0.1, -0.05) is 12.5 Å². The minimum Gasteiger partial charge on any atom is -0.455 e. The topological polar surface area (TPSA) is 84.0 Å². The van der Waals surface area contributed by atoms with Crippen LogP contribution in [0, 0.1) is 17.6 Å². The van der Waals surface area contributed by atoms with Crippen LogP contribution in [0.1, 0.15) is 19.3 Å². The molecule has 2 fully saturated rings. The highest BCUT2D eigenvalue weighted by atomic mass is 32.2. The molecule has 1 aromatic rings. The summed E-state index contributed by atoms with van der Waals surface area (Å²) in [4.78, 5) is 24.2. The lowest BCUT2D eigenvalue weighted by Gasteiger charge is -2.34. The Hall–Kier alpha value is -2.07. The van der Waals surface area contributed by atoms with Crippen LogP contribution < -0.4 is 0 Å². The van der Waals surface area contributed by atoms with Gasteiger partial charge in [0.05, 0.1) is 5.92 Å². The molecule has 1 saturated carbocycles. The largest absolute Gasteiger partial charge is 0.455 e. The van der Waals surface area contributed by atoms with Crippen LogP contribution in [0.25, 0.3) is 0 Å². The van der Waals surface area contributed by atoms with Gasteiger partial charge in [0.2, 0.25) is 10.0 Å². The van der Waals surface area contributed by atoms with Crippen LogP contribution in [0.4, 0.5) is 8.78 Å². The molecule has 10 heteroatoms. The Kier molecular flexibility index (Phi) is 5.75. The molecule has 0 unspecified atom stereocenters. The Bertz CT molecular complexity index is 813. The molecule has 2 aliphatic rings. The first kappa shape index (κ1) is 19.7. The Morgan fingerprint density at radius 3 is 2.19 bits per heavy atom. The molecule has 148 valence electrons. The molecule has 0 aromatic heterocycles. The monoisotopic (exact) mass is 402 g/mol. The average molecular weight is 402 g/mol. The summed E-state index contributed by atoms with van der Waals surface area (Å²) < 4.78 is 58.6. The van der Waals surface area contributed by atoms with Gasteiger partial charge >= 0.3 is 5.97 Å². The predicted octanol–water partition coefficient (Wildman–Crippen LogP) is 1.14. The summed E-state index contributed by atoms with van der Waals surface area (Å²) in [6, 6.07) is 2.85. The van der Waals surface area contributed by atoms with Crippen molar-refractivity contribution in [2.75, 3.05) is 32.8 Å². The summed E-state index contributed by atoms with van der Waals surface area (Å²) in [7, 11) is -4.35. The zero-order chi connectivity index (χ0) is 19.6. The Balaban J connectivity index is 1.56. The third kappa shape index (κ3) is 4.11. The summed E-state index contributed by atoms with van der Waals surface area (Å²) in [5, 5.41) is 0. The number of piperazine rings is 1. The molecule has 1 amide bonds. The molecule has 0 radical (unpaired) electrons. The number of sulfonamides is 1. The first-order valence-electron chi connectivity index (χ1n) is 8.69. The second-order valence-electron chi connectivity index (χ2n) is 6.57. The third-order valence-electron chi connectivity index (χ3n) is 4.88. The minimum absolute atomic E-state index is 0.0507. The number of carbonyl (C=O) groups is 2. The van der Waals surface area contributed by atoms with E-state index < -0.39 is 32.5 Å². The van der Waals surface area contributed by atoms with E-state index in [4.69, 9.17) is 4.74 Å². The van der Waals surface area contributed by atoms with E-state index in [0.29, 0.717) is 0 Å².